The first-order valence-corrected chi connectivity index (χ1v) is 6.67. The highest BCUT2D eigenvalue weighted by Crippen LogP contribution is 2.18. The average molecular weight is 246 g/mol. The van der Waals surface area contributed by atoms with Gasteiger partial charge in [0, 0.05) is 17.3 Å². The summed E-state index contributed by atoms with van der Waals surface area (Å²) in [4.78, 5) is 4.48. The molecule has 0 saturated heterocycles. The summed E-state index contributed by atoms with van der Waals surface area (Å²) in [7, 11) is 0. The van der Waals surface area contributed by atoms with Crippen molar-refractivity contribution < 1.29 is 0 Å². The first-order chi connectivity index (χ1) is 8.05. The summed E-state index contributed by atoms with van der Waals surface area (Å²) in [6.07, 6.45) is 1.71. The van der Waals surface area contributed by atoms with Crippen LogP contribution < -0.4 is 5.73 Å². The van der Waals surface area contributed by atoms with Crippen LogP contribution in [0.15, 0.2) is 35.7 Å². The van der Waals surface area contributed by atoms with E-state index in [0.29, 0.717) is 0 Å². The molecular weight excluding hydrogens is 228 g/mol. The zero-order chi connectivity index (χ0) is 12.3. The van der Waals surface area contributed by atoms with Gasteiger partial charge >= 0.3 is 0 Å². The van der Waals surface area contributed by atoms with Gasteiger partial charge in [0.15, 0.2) is 0 Å². The van der Waals surface area contributed by atoms with E-state index >= 15 is 0 Å². The Labute approximate surface area is 107 Å². The summed E-state index contributed by atoms with van der Waals surface area (Å²) in [6.45, 7) is 4.12. The molecule has 0 bridgehead atoms. The number of benzene rings is 1. The number of nitrogens with zero attached hydrogens (tertiary/aromatic N) is 1. The van der Waals surface area contributed by atoms with Gasteiger partial charge in [-0.15, -0.1) is 11.3 Å². The molecule has 0 aliphatic heterocycles. The smallest absolute Gasteiger partial charge is 0.0897 e. The van der Waals surface area contributed by atoms with Gasteiger partial charge in [0.25, 0.3) is 0 Å². The summed E-state index contributed by atoms with van der Waals surface area (Å²) in [5, 5.41) is 3.21. The van der Waals surface area contributed by atoms with E-state index in [1.54, 1.807) is 11.3 Å². The van der Waals surface area contributed by atoms with E-state index in [1.165, 1.54) is 5.56 Å². The molecule has 0 fully saturated rings. The fraction of sp³-hybridized carbons (Fsp3) is 0.357. The Balaban J connectivity index is 2.04. The maximum Gasteiger partial charge on any atom is 0.0897 e. The normalized spacial score (nSPS) is 14.5. The van der Waals surface area contributed by atoms with Crippen molar-refractivity contribution in [1.29, 1.82) is 0 Å². The third kappa shape index (κ3) is 3.65. The molecule has 0 radical (unpaired) electrons. The van der Waals surface area contributed by atoms with Crippen molar-refractivity contribution in [2.24, 2.45) is 5.73 Å². The van der Waals surface area contributed by atoms with E-state index in [0.717, 1.165) is 23.5 Å². The minimum Gasteiger partial charge on any atom is -0.325 e. The van der Waals surface area contributed by atoms with Crippen LogP contribution in [-0.2, 0) is 12.8 Å². The largest absolute Gasteiger partial charge is 0.325 e. The molecule has 0 spiro atoms. The fourth-order valence-corrected chi connectivity index (χ4v) is 2.64. The fourth-order valence-electron chi connectivity index (χ4n) is 2.03. The van der Waals surface area contributed by atoms with Crippen molar-refractivity contribution in [2.45, 2.75) is 32.2 Å². The van der Waals surface area contributed by atoms with E-state index in [4.69, 9.17) is 5.73 Å². The van der Waals surface area contributed by atoms with E-state index in [-0.39, 0.29) is 5.54 Å². The summed E-state index contributed by atoms with van der Waals surface area (Å²) in [6, 6.07) is 10.4. The molecule has 0 saturated carbocycles. The summed E-state index contributed by atoms with van der Waals surface area (Å²) in [5.74, 6) is 0. The third-order valence-electron chi connectivity index (χ3n) is 2.70. The molecule has 1 aromatic heterocycles. The van der Waals surface area contributed by atoms with Crippen LogP contribution in [0, 0.1) is 6.92 Å². The highest BCUT2D eigenvalue weighted by molar-refractivity contribution is 7.09. The van der Waals surface area contributed by atoms with Gasteiger partial charge in [-0.25, -0.2) is 4.98 Å². The van der Waals surface area contributed by atoms with Crippen LogP contribution in [0.1, 0.15) is 23.2 Å². The molecule has 2 rings (SSSR count). The second-order valence-corrected chi connectivity index (χ2v) is 5.91. The number of aromatic nitrogens is 1. The van der Waals surface area contributed by atoms with E-state index in [2.05, 4.69) is 41.6 Å². The molecule has 2 aromatic rings. The second kappa shape index (κ2) is 4.98. The average Bonchev–Trinajstić information content (AvgIpc) is 2.63. The highest BCUT2D eigenvalue weighted by atomic mass is 32.1. The molecule has 90 valence electrons. The Morgan fingerprint density at radius 1 is 1.24 bits per heavy atom. The molecule has 17 heavy (non-hydrogen) atoms. The SMILES string of the molecule is Cc1nc(CC(C)(N)Cc2ccccc2)cs1. The topological polar surface area (TPSA) is 38.9 Å². The molecule has 1 unspecified atom stereocenters. The van der Waals surface area contributed by atoms with Crippen LogP contribution in [0.3, 0.4) is 0 Å². The highest BCUT2D eigenvalue weighted by Gasteiger charge is 2.20. The van der Waals surface area contributed by atoms with Crippen LogP contribution in [0.4, 0.5) is 0 Å². The number of aryl methyl sites for hydroxylation is 1. The third-order valence-corrected chi connectivity index (χ3v) is 3.52. The van der Waals surface area contributed by atoms with E-state index in [1.807, 2.05) is 13.0 Å². The number of nitrogens with two attached hydrogens (primary N) is 1. The zero-order valence-corrected chi connectivity index (χ0v) is 11.1. The lowest BCUT2D eigenvalue weighted by Crippen LogP contribution is -2.41. The lowest BCUT2D eigenvalue weighted by atomic mass is 9.89. The van der Waals surface area contributed by atoms with Crippen molar-refractivity contribution >= 4 is 11.3 Å². The minimum atomic E-state index is -0.234. The van der Waals surface area contributed by atoms with Crippen LogP contribution in [0.5, 0.6) is 0 Å². The van der Waals surface area contributed by atoms with Crippen LogP contribution >= 0.6 is 11.3 Å². The number of hydrogen-bond acceptors (Lipinski definition) is 3. The molecular formula is C14H18N2S. The molecule has 1 heterocycles. The van der Waals surface area contributed by atoms with Crippen molar-refractivity contribution in [2.75, 3.05) is 0 Å². The van der Waals surface area contributed by atoms with Crippen LogP contribution in [0.2, 0.25) is 0 Å². The van der Waals surface area contributed by atoms with Gasteiger partial charge in [-0.1, -0.05) is 30.3 Å². The molecule has 1 aromatic carbocycles. The summed E-state index contributed by atoms with van der Waals surface area (Å²) in [5.41, 5.74) is 8.51. The number of hydrogen-bond donors (Lipinski definition) is 1. The maximum atomic E-state index is 6.35. The predicted octanol–water partition coefficient (Wildman–Crippen LogP) is 2.95. The van der Waals surface area contributed by atoms with Crippen molar-refractivity contribution in [3.63, 3.8) is 0 Å². The monoisotopic (exact) mass is 246 g/mol. The van der Waals surface area contributed by atoms with Gasteiger partial charge in [0.05, 0.1) is 10.7 Å². The first-order valence-electron chi connectivity index (χ1n) is 5.79. The van der Waals surface area contributed by atoms with Gasteiger partial charge < -0.3 is 5.73 Å². The second-order valence-electron chi connectivity index (χ2n) is 4.85. The van der Waals surface area contributed by atoms with Gasteiger partial charge in [0.2, 0.25) is 0 Å². The predicted molar refractivity (Wildman–Crippen MR) is 73.3 cm³/mol. The Hall–Kier alpha value is -1.19. The molecule has 2 N–H and O–H groups in total. The van der Waals surface area contributed by atoms with Gasteiger partial charge in [-0.3, -0.25) is 0 Å². The quantitative estimate of drug-likeness (QED) is 0.901. The van der Waals surface area contributed by atoms with Gasteiger partial charge in [-0.05, 0) is 25.8 Å². The Kier molecular flexibility index (Phi) is 3.60. The molecule has 0 amide bonds. The van der Waals surface area contributed by atoms with Crippen molar-refractivity contribution in [3.05, 3.63) is 52.0 Å². The van der Waals surface area contributed by atoms with E-state index in [9.17, 15) is 0 Å². The first kappa shape index (κ1) is 12.3. The lowest BCUT2D eigenvalue weighted by Gasteiger charge is -2.23. The zero-order valence-electron chi connectivity index (χ0n) is 10.3. The lowest BCUT2D eigenvalue weighted by molar-refractivity contribution is 0.458. The van der Waals surface area contributed by atoms with Crippen molar-refractivity contribution in [3.8, 4) is 0 Å². The maximum absolute atomic E-state index is 6.35. The molecule has 0 aliphatic carbocycles. The molecule has 0 aliphatic rings. The van der Waals surface area contributed by atoms with E-state index < -0.39 is 0 Å². The standard InChI is InChI=1S/C14H18N2S/c1-11-16-13(10-17-11)9-14(2,15)8-12-6-4-3-5-7-12/h3-7,10H,8-9,15H2,1-2H3. The van der Waals surface area contributed by atoms with Crippen LogP contribution in [-0.4, -0.2) is 10.5 Å². The molecule has 3 heteroatoms. The van der Waals surface area contributed by atoms with Crippen LogP contribution in [0.25, 0.3) is 0 Å². The number of rotatable bonds is 4. The molecule has 1 atom stereocenters. The Morgan fingerprint density at radius 2 is 1.94 bits per heavy atom. The molecule has 2 nitrogen and oxygen atoms in total. The van der Waals surface area contributed by atoms with Gasteiger partial charge in [0.1, 0.15) is 0 Å². The number of thiazole rings is 1. The Morgan fingerprint density at radius 3 is 2.53 bits per heavy atom. The minimum absolute atomic E-state index is 0.234. The van der Waals surface area contributed by atoms with Crippen molar-refractivity contribution in [1.82, 2.24) is 4.98 Å². The summed E-state index contributed by atoms with van der Waals surface area (Å²) < 4.78 is 0. The Bertz CT molecular complexity index is 474. The summed E-state index contributed by atoms with van der Waals surface area (Å²) >= 11 is 1.68. The van der Waals surface area contributed by atoms with Gasteiger partial charge in [-0.2, -0.15) is 0 Å².